The molecule has 0 bridgehead atoms. The molecule has 0 saturated heterocycles. The quantitative estimate of drug-likeness (QED) is 0.579. The number of benzene rings is 2. The lowest BCUT2D eigenvalue weighted by molar-refractivity contribution is 0.0520. The highest BCUT2D eigenvalue weighted by molar-refractivity contribution is 5.89. The number of rotatable bonds is 5. The first kappa shape index (κ1) is 14.0. The van der Waals surface area contributed by atoms with Crippen LogP contribution in [0.5, 0.6) is 0 Å². The third-order valence-corrected chi connectivity index (χ3v) is 3.18. The fourth-order valence-corrected chi connectivity index (χ4v) is 2.12. The van der Waals surface area contributed by atoms with Crippen LogP contribution in [0.2, 0.25) is 0 Å². The molecular formula is C17H15N3O2. The van der Waals surface area contributed by atoms with E-state index < -0.39 is 0 Å². The molecule has 2 aromatic carbocycles. The lowest BCUT2D eigenvalue weighted by Crippen LogP contribution is -2.14. The minimum Gasteiger partial charge on any atom is -0.460 e. The van der Waals surface area contributed by atoms with E-state index in [-0.39, 0.29) is 12.6 Å². The van der Waals surface area contributed by atoms with Gasteiger partial charge in [0.25, 0.3) is 0 Å². The molecule has 3 rings (SSSR count). The van der Waals surface area contributed by atoms with Crippen LogP contribution in [-0.4, -0.2) is 29.1 Å². The highest BCUT2D eigenvalue weighted by Gasteiger charge is 2.06. The Labute approximate surface area is 128 Å². The summed E-state index contributed by atoms with van der Waals surface area (Å²) in [7, 11) is 0. The van der Waals surface area contributed by atoms with Crippen LogP contribution in [0, 0.1) is 0 Å². The second kappa shape index (κ2) is 6.67. The molecule has 1 heterocycles. The normalized spacial score (nSPS) is 10.4. The maximum atomic E-state index is 11.8. The van der Waals surface area contributed by atoms with Crippen molar-refractivity contribution in [2.75, 3.05) is 18.5 Å². The molecule has 0 aliphatic heterocycles. The number of esters is 1. The molecule has 5 heteroatoms. The molecule has 0 unspecified atom stereocenters. The lowest BCUT2D eigenvalue weighted by Gasteiger charge is -2.08. The largest absolute Gasteiger partial charge is 0.460 e. The van der Waals surface area contributed by atoms with Gasteiger partial charge in [-0.3, -0.25) is 0 Å². The number of fused-ring (bicyclic) bond motifs is 1. The molecule has 1 aromatic heterocycles. The van der Waals surface area contributed by atoms with Crippen molar-refractivity contribution in [1.29, 1.82) is 0 Å². The van der Waals surface area contributed by atoms with Crippen molar-refractivity contribution < 1.29 is 9.53 Å². The number of aromatic nitrogens is 2. The second-order valence-corrected chi connectivity index (χ2v) is 4.67. The number of nitrogens with zero attached hydrogens (tertiary/aromatic N) is 2. The molecule has 1 N–H and O–H groups in total. The van der Waals surface area contributed by atoms with Crippen LogP contribution in [0.15, 0.2) is 60.9 Å². The van der Waals surface area contributed by atoms with Crippen LogP contribution in [-0.2, 0) is 4.74 Å². The molecule has 0 atom stereocenters. The smallest absolute Gasteiger partial charge is 0.338 e. The van der Waals surface area contributed by atoms with Gasteiger partial charge in [0.1, 0.15) is 18.8 Å². The van der Waals surface area contributed by atoms with Gasteiger partial charge in [-0.25, -0.2) is 14.8 Å². The number of carbonyl (C=O) groups is 1. The minimum absolute atomic E-state index is 0.270. The fraction of sp³-hybridized carbons (Fsp3) is 0.118. The van der Waals surface area contributed by atoms with Gasteiger partial charge < -0.3 is 10.1 Å². The summed E-state index contributed by atoms with van der Waals surface area (Å²) in [5.74, 6) is 0.413. The number of hydrogen-bond donors (Lipinski definition) is 1. The van der Waals surface area contributed by atoms with Crippen LogP contribution >= 0.6 is 0 Å². The monoisotopic (exact) mass is 293 g/mol. The zero-order chi connectivity index (χ0) is 15.2. The van der Waals surface area contributed by atoms with Gasteiger partial charge in [-0.1, -0.05) is 30.3 Å². The Morgan fingerprint density at radius 2 is 1.77 bits per heavy atom. The van der Waals surface area contributed by atoms with Crippen LogP contribution in [0.3, 0.4) is 0 Å². The van der Waals surface area contributed by atoms with Gasteiger partial charge >= 0.3 is 5.97 Å². The number of anilines is 1. The summed E-state index contributed by atoms with van der Waals surface area (Å²) < 4.78 is 5.22. The Morgan fingerprint density at radius 3 is 2.64 bits per heavy atom. The first-order chi connectivity index (χ1) is 10.8. The number of ether oxygens (including phenoxy) is 1. The summed E-state index contributed by atoms with van der Waals surface area (Å²) in [5, 5.41) is 4.11. The third-order valence-electron chi connectivity index (χ3n) is 3.18. The predicted octanol–water partition coefficient (Wildman–Crippen LogP) is 2.90. The number of para-hydroxylation sites is 1. The summed E-state index contributed by atoms with van der Waals surface area (Å²) in [4.78, 5) is 20.2. The molecule has 110 valence electrons. The molecule has 0 aliphatic rings. The molecule has 22 heavy (non-hydrogen) atoms. The van der Waals surface area contributed by atoms with E-state index in [9.17, 15) is 4.79 Å². The zero-order valence-corrected chi connectivity index (χ0v) is 11.9. The van der Waals surface area contributed by atoms with Crippen LogP contribution in [0.1, 0.15) is 10.4 Å². The number of carbonyl (C=O) groups excluding carboxylic acids is 1. The Bertz CT molecular complexity index is 770. The average Bonchev–Trinajstić information content (AvgIpc) is 2.59. The predicted molar refractivity (Wildman–Crippen MR) is 84.8 cm³/mol. The Balaban J connectivity index is 1.56. The first-order valence-corrected chi connectivity index (χ1v) is 7.00. The maximum absolute atomic E-state index is 11.8. The van der Waals surface area contributed by atoms with E-state index in [0.717, 1.165) is 16.7 Å². The van der Waals surface area contributed by atoms with Crippen molar-refractivity contribution in [1.82, 2.24) is 9.97 Å². The molecule has 0 aliphatic carbocycles. The highest BCUT2D eigenvalue weighted by atomic mass is 16.5. The topological polar surface area (TPSA) is 64.1 Å². The summed E-state index contributed by atoms with van der Waals surface area (Å²) in [5.41, 5.74) is 1.43. The molecular weight excluding hydrogens is 278 g/mol. The van der Waals surface area contributed by atoms with Crippen molar-refractivity contribution >= 4 is 22.7 Å². The summed E-state index contributed by atoms with van der Waals surface area (Å²) in [6, 6.07) is 16.7. The van der Waals surface area contributed by atoms with Crippen molar-refractivity contribution in [3.63, 3.8) is 0 Å². The van der Waals surface area contributed by atoms with Gasteiger partial charge in [-0.05, 0) is 24.3 Å². The molecule has 5 nitrogen and oxygen atoms in total. The van der Waals surface area contributed by atoms with Gasteiger partial charge in [-0.2, -0.15) is 0 Å². The third kappa shape index (κ3) is 3.20. The van der Waals surface area contributed by atoms with Gasteiger partial charge in [-0.15, -0.1) is 0 Å². The van der Waals surface area contributed by atoms with Crippen molar-refractivity contribution in [3.8, 4) is 0 Å². The molecule has 0 saturated carbocycles. The van der Waals surface area contributed by atoms with Crippen LogP contribution in [0.4, 0.5) is 5.82 Å². The van der Waals surface area contributed by atoms with Crippen molar-refractivity contribution in [3.05, 3.63) is 66.5 Å². The van der Waals surface area contributed by atoms with Crippen LogP contribution in [0.25, 0.3) is 10.9 Å². The molecule has 3 aromatic rings. The Hall–Kier alpha value is -2.95. The Kier molecular flexibility index (Phi) is 4.25. The zero-order valence-electron chi connectivity index (χ0n) is 11.9. The van der Waals surface area contributed by atoms with E-state index in [4.69, 9.17) is 4.74 Å². The maximum Gasteiger partial charge on any atom is 0.338 e. The van der Waals surface area contributed by atoms with E-state index in [2.05, 4.69) is 15.3 Å². The van der Waals surface area contributed by atoms with Crippen molar-refractivity contribution in [2.45, 2.75) is 0 Å². The van der Waals surface area contributed by atoms with E-state index in [0.29, 0.717) is 12.1 Å². The summed E-state index contributed by atoms with van der Waals surface area (Å²) in [6.07, 6.45) is 1.51. The standard InChI is InChI=1S/C17H15N3O2/c21-17(13-6-2-1-3-7-13)22-11-10-18-16-14-8-4-5-9-15(14)19-12-20-16/h1-9,12H,10-11H2,(H,18,19,20). The highest BCUT2D eigenvalue weighted by Crippen LogP contribution is 2.17. The minimum atomic E-state index is -0.324. The van der Waals surface area contributed by atoms with E-state index in [1.165, 1.54) is 6.33 Å². The van der Waals surface area contributed by atoms with Crippen LogP contribution < -0.4 is 5.32 Å². The van der Waals surface area contributed by atoms with E-state index in [1.54, 1.807) is 12.1 Å². The van der Waals surface area contributed by atoms with Gasteiger partial charge in [0.05, 0.1) is 17.6 Å². The fourth-order valence-electron chi connectivity index (χ4n) is 2.12. The molecule has 0 amide bonds. The second-order valence-electron chi connectivity index (χ2n) is 4.67. The van der Waals surface area contributed by atoms with E-state index >= 15 is 0 Å². The molecule has 0 radical (unpaired) electrons. The molecule has 0 fully saturated rings. The van der Waals surface area contributed by atoms with Gasteiger partial charge in [0, 0.05) is 5.39 Å². The van der Waals surface area contributed by atoms with Gasteiger partial charge in [0.15, 0.2) is 0 Å². The lowest BCUT2D eigenvalue weighted by atomic mass is 10.2. The summed E-state index contributed by atoms with van der Waals surface area (Å²) >= 11 is 0. The summed E-state index contributed by atoms with van der Waals surface area (Å²) in [6.45, 7) is 0.756. The Morgan fingerprint density at radius 1 is 1.00 bits per heavy atom. The SMILES string of the molecule is O=C(OCCNc1ncnc2ccccc12)c1ccccc1. The average molecular weight is 293 g/mol. The first-order valence-electron chi connectivity index (χ1n) is 7.00. The number of nitrogens with one attached hydrogen (secondary N) is 1. The molecule has 0 spiro atoms. The van der Waals surface area contributed by atoms with Crippen molar-refractivity contribution in [2.24, 2.45) is 0 Å². The number of hydrogen-bond acceptors (Lipinski definition) is 5. The van der Waals surface area contributed by atoms with E-state index in [1.807, 2.05) is 42.5 Å². The van der Waals surface area contributed by atoms with Gasteiger partial charge in [0.2, 0.25) is 0 Å².